The third-order valence-corrected chi connectivity index (χ3v) is 6.13. The summed E-state index contributed by atoms with van der Waals surface area (Å²) >= 11 is 0. The molecule has 1 aliphatic heterocycles. The second-order valence-electron chi connectivity index (χ2n) is 8.28. The number of Topliss-reactive ketones (excluding diaryl/α,β-unsaturated/α-hetero) is 1. The molecule has 4 rings (SSSR count). The summed E-state index contributed by atoms with van der Waals surface area (Å²) in [7, 11) is 1.23. The van der Waals surface area contributed by atoms with Crippen LogP contribution >= 0.6 is 0 Å². The maximum Gasteiger partial charge on any atom is 0.387 e. The third-order valence-electron chi connectivity index (χ3n) is 6.13. The first-order valence-electron chi connectivity index (χ1n) is 11.1. The quantitative estimate of drug-likeness (QED) is 0.312. The van der Waals surface area contributed by atoms with Crippen LogP contribution in [0.2, 0.25) is 0 Å². The largest absolute Gasteiger partial charge is 0.493 e. The van der Waals surface area contributed by atoms with Crippen molar-refractivity contribution in [3.63, 3.8) is 0 Å². The minimum atomic E-state index is -3.06. The molecule has 2 aliphatic rings. The van der Waals surface area contributed by atoms with Gasteiger partial charge in [0.05, 0.1) is 23.8 Å². The Bertz CT molecular complexity index is 1170. The van der Waals surface area contributed by atoms with Crippen LogP contribution in [0.1, 0.15) is 73.5 Å². The zero-order valence-corrected chi connectivity index (χ0v) is 18.9. The second-order valence-corrected chi connectivity index (χ2v) is 8.28. The first-order valence-corrected chi connectivity index (χ1v) is 11.1. The molecular weight excluding hydrogens is 464 g/mol. The predicted molar refractivity (Wildman–Crippen MR) is 118 cm³/mol. The zero-order chi connectivity index (χ0) is 25.1. The van der Waals surface area contributed by atoms with Gasteiger partial charge in [-0.15, -0.1) is 0 Å². The predicted octanol–water partition coefficient (Wildman–Crippen LogP) is 4.27. The first-order chi connectivity index (χ1) is 16.8. The van der Waals surface area contributed by atoms with Crippen molar-refractivity contribution in [3.05, 3.63) is 58.7 Å². The van der Waals surface area contributed by atoms with Crippen molar-refractivity contribution in [1.82, 2.24) is 4.90 Å². The Morgan fingerprint density at radius 2 is 1.63 bits per heavy atom. The highest BCUT2D eigenvalue weighted by Crippen LogP contribution is 2.32. The van der Waals surface area contributed by atoms with Gasteiger partial charge in [-0.2, -0.15) is 8.78 Å². The zero-order valence-electron chi connectivity index (χ0n) is 18.9. The van der Waals surface area contributed by atoms with Crippen LogP contribution in [-0.4, -0.2) is 54.8 Å². The molecular formula is C25H23F2NO7. The number of hydrogen-bond donors (Lipinski definition) is 0. The summed E-state index contributed by atoms with van der Waals surface area (Å²) < 4.78 is 39.3. The summed E-state index contributed by atoms with van der Waals surface area (Å²) in [6.45, 7) is -3.69. The molecule has 1 heterocycles. The molecule has 8 nitrogen and oxygen atoms in total. The van der Waals surface area contributed by atoms with Gasteiger partial charge in [-0.1, -0.05) is 19.3 Å². The highest BCUT2D eigenvalue weighted by molar-refractivity contribution is 6.22. The molecule has 1 aliphatic carbocycles. The number of carbonyl (C=O) groups is 4. The van der Waals surface area contributed by atoms with E-state index in [0.29, 0.717) is 0 Å². The normalized spacial score (nSPS) is 15.8. The van der Waals surface area contributed by atoms with Crippen LogP contribution in [0.15, 0.2) is 36.4 Å². The number of nitrogens with zero attached hydrogens (tertiary/aromatic N) is 1. The average Bonchev–Trinajstić information content (AvgIpc) is 3.11. The molecule has 0 spiro atoms. The van der Waals surface area contributed by atoms with E-state index in [1.807, 2.05) is 0 Å². The molecule has 2 aromatic carbocycles. The molecule has 0 radical (unpaired) electrons. The minimum absolute atomic E-state index is 0.0291. The number of amides is 2. The maximum absolute atomic E-state index is 12.9. The maximum atomic E-state index is 12.9. The Labute approximate surface area is 199 Å². The Morgan fingerprint density at radius 3 is 2.31 bits per heavy atom. The van der Waals surface area contributed by atoms with Crippen molar-refractivity contribution in [3.8, 4) is 11.5 Å². The minimum Gasteiger partial charge on any atom is -0.493 e. The topological polar surface area (TPSA) is 99.2 Å². The van der Waals surface area contributed by atoms with E-state index in [0.717, 1.165) is 38.2 Å². The lowest BCUT2D eigenvalue weighted by Crippen LogP contribution is -2.40. The lowest BCUT2D eigenvalue weighted by Gasteiger charge is -2.29. The fourth-order valence-electron chi connectivity index (χ4n) is 4.39. The number of fused-ring (bicyclic) bond motifs is 1. The van der Waals surface area contributed by atoms with Gasteiger partial charge in [0, 0.05) is 11.6 Å². The third kappa shape index (κ3) is 5.01. The number of imide groups is 1. The summed E-state index contributed by atoms with van der Waals surface area (Å²) in [6, 6.07) is 7.57. The molecule has 10 heteroatoms. The summed E-state index contributed by atoms with van der Waals surface area (Å²) in [5.74, 6) is -2.55. The van der Waals surface area contributed by atoms with E-state index in [9.17, 15) is 28.0 Å². The van der Waals surface area contributed by atoms with Crippen LogP contribution in [0.5, 0.6) is 11.5 Å². The van der Waals surface area contributed by atoms with E-state index in [-0.39, 0.29) is 45.7 Å². The van der Waals surface area contributed by atoms with Crippen molar-refractivity contribution < 1.29 is 42.2 Å². The number of rotatable bonds is 8. The molecule has 1 saturated carbocycles. The van der Waals surface area contributed by atoms with Gasteiger partial charge in [0.25, 0.3) is 11.8 Å². The number of ether oxygens (including phenoxy) is 3. The van der Waals surface area contributed by atoms with Crippen LogP contribution in [0.3, 0.4) is 0 Å². The number of carbonyl (C=O) groups excluding carboxylic acids is 4. The first kappa shape index (κ1) is 24.3. The van der Waals surface area contributed by atoms with Crippen molar-refractivity contribution in [1.29, 1.82) is 0 Å². The second kappa shape index (κ2) is 10.2. The molecule has 0 bridgehead atoms. The molecule has 1 fully saturated rings. The SMILES string of the molecule is COc1cc(C(=O)COC(=O)c2ccc3c(c2)C(=O)N(C2CCCCC2)C3=O)ccc1OC(F)F. The number of benzene rings is 2. The molecule has 0 aromatic heterocycles. The smallest absolute Gasteiger partial charge is 0.387 e. The number of hydrogen-bond acceptors (Lipinski definition) is 7. The van der Waals surface area contributed by atoms with E-state index < -0.39 is 30.9 Å². The van der Waals surface area contributed by atoms with Gasteiger partial charge in [0.2, 0.25) is 0 Å². The number of halogens is 2. The van der Waals surface area contributed by atoms with Gasteiger partial charge in [-0.05, 0) is 49.2 Å². The van der Waals surface area contributed by atoms with Crippen LogP contribution in [-0.2, 0) is 4.74 Å². The van der Waals surface area contributed by atoms with E-state index in [1.54, 1.807) is 0 Å². The van der Waals surface area contributed by atoms with E-state index in [4.69, 9.17) is 9.47 Å². The standard InChI is InChI=1S/C25H23F2NO7/c1-33-21-12-14(8-10-20(21)35-25(26)27)19(29)13-34-24(32)15-7-9-17-18(11-15)23(31)28(22(17)30)16-5-3-2-4-6-16/h7-12,16,25H,2-6,13H2,1H3. The van der Waals surface area contributed by atoms with Crippen molar-refractivity contribution in [2.45, 2.75) is 44.8 Å². The van der Waals surface area contributed by atoms with Gasteiger partial charge in [-0.3, -0.25) is 19.3 Å². The van der Waals surface area contributed by atoms with E-state index >= 15 is 0 Å². The Balaban J connectivity index is 1.43. The highest BCUT2D eigenvalue weighted by Gasteiger charge is 2.40. The van der Waals surface area contributed by atoms with Gasteiger partial charge >= 0.3 is 12.6 Å². The Hall–Kier alpha value is -3.82. The van der Waals surface area contributed by atoms with Crippen LogP contribution in [0.25, 0.3) is 0 Å². The summed E-state index contributed by atoms with van der Waals surface area (Å²) in [5.41, 5.74) is 0.475. The molecule has 0 atom stereocenters. The fourth-order valence-corrected chi connectivity index (χ4v) is 4.39. The molecule has 0 unspecified atom stereocenters. The van der Waals surface area contributed by atoms with Crippen molar-refractivity contribution >= 4 is 23.6 Å². The molecule has 0 saturated heterocycles. The van der Waals surface area contributed by atoms with Gasteiger partial charge in [-0.25, -0.2) is 4.79 Å². The van der Waals surface area contributed by atoms with Crippen LogP contribution in [0.4, 0.5) is 8.78 Å². The number of methoxy groups -OCH3 is 1. The Morgan fingerprint density at radius 1 is 0.943 bits per heavy atom. The summed E-state index contributed by atoms with van der Waals surface area (Å²) in [6.07, 6.45) is 4.52. The molecule has 0 N–H and O–H groups in total. The lowest BCUT2D eigenvalue weighted by molar-refractivity contribution is -0.0512. The van der Waals surface area contributed by atoms with Gasteiger partial charge in [0.15, 0.2) is 23.9 Å². The van der Waals surface area contributed by atoms with Crippen molar-refractivity contribution in [2.24, 2.45) is 0 Å². The van der Waals surface area contributed by atoms with Crippen LogP contribution < -0.4 is 9.47 Å². The monoisotopic (exact) mass is 487 g/mol. The Kier molecular flexibility index (Phi) is 7.09. The number of esters is 1. The van der Waals surface area contributed by atoms with E-state index in [2.05, 4.69) is 4.74 Å². The molecule has 35 heavy (non-hydrogen) atoms. The summed E-state index contributed by atoms with van der Waals surface area (Å²) in [4.78, 5) is 52.0. The fraction of sp³-hybridized carbons (Fsp3) is 0.360. The number of ketones is 1. The highest BCUT2D eigenvalue weighted by atomic mass is 19.3. The van der Waals surface area contributed by atoms with Crippen molar-refractivity contribution in [2.75, 3.05) is 13.7 Å². The molecule has 184 valence electrons. The molecule has 2 aromatic rings. The average molecular weight is 487 g/mol. The summed E-state index contributed by atoms with van der Waals surface area (Å²) in [5, 5.41) is 0. The van der Waals surface area contributed by atoms with E-state index in [1.165, 1.54) is 42.3 Å². The lowest BCUT2D eigenvalue weighted by atomic mass is 9.94. The van der Waals surface area contributed by atoms with Crippen LogP contribution in [0, 0.1) is 0 Å². The molecule has 2 amide bonds. The number of alkyl halides is 2. The van der Waals surface area contributed by atoms with Gasteiger partial charge < -0.3 is 14.2 Å². The van der Waals surface area contributed by atoms with Gasteiger partial charge in [0.1, 0.15) is 0 Å².